The number of aldehydes is 1. The molecule has 0 aliphatic carbocycles. The molecule has 0 aromatic carbocycles. The number of ketones is 1. The average Bonchev–Trinajstić information content (AvgIpc) is 1.32. The van der Waals surface area contributed by atoms with Gasteiger partial charge in [-0.05, 0) is 163 Å². The van der Waals surface area contributed by atoms with Crippen molar-refractivity contribution in [1.29, 1.82) is 0 Å². The molecule has 0 aromatic rings. The van der Waals surface area contributed by atoms with Crippen LogP contribution in [0.15, 0.2) is 34.5 Å². The molecule has 5 aliphatic rings. The van der Waals surface area contributed by atoms with Crippen molar-refractivity contribution in [3.8, 4) is 0 Å². The summed E-state index contributed by atoms with van der Waals surface area (Å²) in [5, 5.41) is -0.270. The van der Waals surface area contributed by atoms with Crippen molar-refractivity contribution in [2.75, 3.05) is 13.7 Å². The normalized spacial score (nSPS) is 31.8. The van der Waals surface area contributed by atoms with Gasteiger partial charge in [0.05, 0.1) is 73.8 Å². The molecule has 0 saturated carbocycles. The maximum absolute atomic E-state index is 15.4. The predicted octanol–water partition coefficient (Wildman–Crippen LogP) is 18.2. The zero-order valence-corrected chi connectivity index (χ0v) is 68.5. The molecule has 0 spiro atoms. The Morgan fingerprint density at radius 1 is 0.629 bits per heavy atom. The molecule has 5 aliphatic heterocycles. The van der Waals surface area contributed by atoms with E-state index in [0.717, 1.165) is 49.5 Å². The number of ether oxygens (including phenoxy) is 6. The Bertz CT molecular complexity index is 2360. The number of carbonyl (C=O) groups is 2. The molecule has 5 fully saturated rings. The molecule has 0 amide bonds. The van der Waals surface area contributed by atoms with Crippen LogP contribution in [0.2, 0.25) is 90.7 Å². The average molecular weight is 1450 g/mol. The van der Waals surface area contributed by atoms with Gasteiger partial charge in [0.1, 0.15) is 36.5 Å². The zero-order valence-electron chi connectivity index (χ0n) is 61.3. The van der Waals surface area contributed by atoms with Crippen LogP contribution in [-0.2, 0) is 60.1 Å². The first-order valence-electron chi connectivity index (χ1n) is 34.2. The van der Waals surface area contributed by atoms with E-state index in [1.807, 2.05) is 0 Å². The van der Waals surface area contributed by atoms with E-state index in [4.69, 9.17) is 50.6 Å². The van der Waals surface area contributed by atoms with Crippen molar-refractivity contribution in [2.24, 2.45) is 11.8 Å². The number of hydrogen-bond donors (Lipinski definition) is 0. The minimum absolute atomic E-state index is 0.0158. The Morgan fingerprint density at radius 2 is 1.18 bits per heavy atom. The molecule has 5 rings (SSSR count). The minimum atomic E-state index is -2.50. The van der Waals surface area contributed by atoms with Crippen molar-refractivity contribution in [1.82, 2.24) is 0 Å². The molecule has 516 valence electrons. The highest BCUT2D eigenvalue weighted by Gasteiger charge is 2.59. The second kappa shape index (κ2) is 30.8. The van der Waals surface area contributed by atoms with E-state index in [2.05, 4.69) is 222 Å². The van der Waals surface area contributed by atoms with Crippen molar-refractivity contribution >= 4 is 76.2 Å². The summed E-state index contributed by atoms with van der Waals surface area (Å²) in [6.07, 6.45) is 5.88. The fourth-order valence-electron chi connectivity index (χ4n) is 12.2. The maximum Gasteiger partial charge on any atom is 0.193 e. The highest BCUT2D eigenvalue weighted by atomic mass is 127. The SMILES string of the molecule is C=C1C[C@H](CCC=O)O[C@H]1CC[C@H]1C[C@@H](C)C(=C)[C@@H](C[C@@H]2O[C@H](CC(CO[Si](C)(C)C(C)(C)C)O[Si](C)(C)C(C)(C)C)[C@H](OC)[C@H]2CC(=O)C[C@H]2CC[C@@H]3O[C@@H](C(/C=C/I)O[Si](C)(C)C(C)(C)C)C(O[Si](C)(C)C(C)(C)C)C(O[Si](C)(C)C(C)(C)C)[C@H]3O2)O1. The Balaban J connectivity index is 1.51. The van der Waals surface area contributed by atoms with Crippen LogP contribution in [0.25, 0.3) is 0 Å². The molecular formula is C70H131IO13Si5. The monoisotopic (exact) mass is 1450 g/mol. The topological polar surface area (TPSA) is 136 Å². The van der Waals surface area contributed by atoms with E-state index in [1.165, 1.54) is 0 Å². The van der Waals surface area contributed by atoms with Crippen LogP contribution in [0.4, 0.5) is 0 Å². The van der Waals surface area contributed by atoms with Crippen molar-refractivity contribution in [2.45, 2.75) is 370 Å². The van der Waals surface area contributed by atoms with Gasteiger partial charge in [0.25, 0.3) is 0 Å². The molecule has 17 atom stereocenters. The second-order valence-corrected chi connectivity index (χ2v) is 59.8. The molecule has 0 N–H and O–H groups in total. The van der Waals surface area contributed by atoms with Crippen LogP contribution in [0.1, 0.15) is 188 Å². The van der Waals surface area contributed by atoms with Gasteiger partial charge in [0.15, 0.2) is 41.6 Å². The summed E-state index contributed by atoms with van der Waals surface area (Å²) < 4.78 is 81.7. The van der Waals surface area contributed by atoms with E-state index in [0.29, 0.717) is 38.7 Å². The van der Waals surface area contributed by atoms with Crippen LogP contribution in [0.5, 0.6) is 0 Å². The summed E-state index contributed by atoms with van der Waals surface area (Å²) in [4.78, 5) is 26.6. The van der Waals surface area contributed by atoms with Gasteiger partial charge < -0.3 is 55.3 Å². The van der Waals surface area contributed by atoms with E-state index < -0.39 is 72.1 Å². The van der Waals surface area contributed by atoms with Crippen molar-refractivity contribution < 1.29 is 60.1 Å². The Kier molecular flexibility index (Phi) is 27.5. The highest BCUT2D eigenvalue weighted by Crippen LogP contribution is 2.50. The Hall–Kier alpha value is -0.0656. The number of hydrogen-bond acceptors (Lipinski definition) is 13. The van der Waals surface area contributed by atoms with Gasteiger partial charge in [0, 0.05) is 45.1 Å². The third-order valence-corrected chi connectivity index (χ3v) is 46.1. The number of rotatable bonds is 28. The molecule has 19 heteroatoms. The van der Waals surface area contributed by atoms with Gasteiger partial charge in [-0.2, -0.15) is 0 Å². The van der Waals surface area contributed by atoms with Gasteiger partial charge in [-0.3, -0.25) is 4.79 Å². The van der Waals surface area contributed by atoms with E-state index in [9.17, 15) is 4.79 Å². The quantitative estimate of drug-likeness (QED) is 0.0318. The predicted molar refractivity (Wildman–Crippen MR) is 386 cm³/mol. The molecule has 13 nitrogen and oxygen atoms in total. The number of fused-ring (bicyclic) bond motifs is 1. The molecule has 5 heterocycles. The van der Waals surface area contributed by atoms with Crippen LogP contribution >= 0.6 is 22.6 Å². The summed E-state index contributed by atoms with van der Waals surface area (Å²) in [6, 6.07) is 0. The molecule has 0 radical (unpaired) electrons. The summed E-state index contributed by atoms with van der Waals surface area (Å²) in [7, 11) is -10.0. The lowest BCUT2D eigenvalue weighted by Crippen LogP contribution is -2.69. The molecule has 0 aromatic heterocycles. The van der Waals surface area contributed by atoms with Gasteiger partial charge in [-0.1, -0.05) is 147 Å². The molecule has 0 bridgehead atoms. The molecule has 5 saturated heterocycles. The van der Waals surface area contributed by atoms with Crippen molar-refractivity contribution in [3.63, 3.8) is 0 Å². The van der Waals surface area contributed by atoms with Crippen LogP contribution in [0, 0.1) is 11.8 Å². The lowest BCUT2D eigenvalue weighted by atomic mass is 9.81. The van der Waals surface area contributed by atoms with Gasteiger partial charge in [-0.15, -0.1) is 0 Å². The maximum atomic E-state index is 15.4. The number of carbonyl (C=O) groups excluding carboxylic acids is 2. The largest absolute Gasteiger partial charge is 0.414 e. The summed E-state index contributed by atoms with van der Waals surface area (Å²) in [5.41, 5.74) is 2.15. The number of methoxy groups -OCH3 is 1. The standard InChI is InChI=1S/C70H131IO13Si5/c1-46-39-51(32-34-55-47(2)40-50(76-55)31-30-38-72)77-58(48(46)3)44-59-54(61(74-19)60(79-59)43-53(81-86(22,23)67(7,8)9)45-75-85(20,21)66(4,5)6)42-49(73)41-52-33-35-56-62(78-52)64(83-88(26,27)69(13,14)15)65(84-89(28,29)70(16,17)18)63(80-56)57(36-37-71)82-87(24,25)68(10,11)12/h36-38,46,50-65H,2-3,30-35,39-45H2,1,4-29H3/b37-36+/t46-,50+,51+,52-,53?,54+,55+,56+,57?,58-,59+,60-,61-,62+,63+,64?,65?/m1/s1. The zero-order chi connectivity index (χ0) is 67.6. The van der Waals surface area contributed by atoms with Gasteiger partial charge in [-0.25, -0.2) is 0 Å². The molecular weight excluding hydrogens is 1320 g/mol. The summed E-state index contributed by atoms with van der Waals surface area (Å²) in [5.74, 6) is 0.0514. The summed E-state index contributed by atoms with van der Waals surface area (Å²) >= 11 is 2.32. The first-order valence-corrected chi connectivity index (χ1v) is 50.0. The van der Waals surface area contributed by atoms with Gasteiger partial charge >= 0.3 is 0 Å². The first-order chi connectivity index (χ1) is 40.5. The van der Waals surface area contributed by atoms with Crippen molar-refractivity contribution in [3.05, 3.63) is 34.5 Å². The number of Topliss-reactive ketones (excluding diaryl/α,β-unsaturated/α-hetero) is 1. The lowest BCUT2D eigenvalue weighted by Gasteiger charge is -2.56. The van der Waals surface area contributed by atoms with Crippen LogP contribution < -0.4 is 0 Å². The first kappa shape index (κ1) is 79.6. The lowest BCUT2D eigenvalue weighted by molar-refractivity contribution is -0.266. The fourth-order valence-corrected chi connectivity index (χ4v) is 18.8. The van der Waals surface area contributed by atoms with E-state index in [1.54, 1.807) is 7.11 Å². The number of halogens is 1. The summed E-state index contributed by atoms with van der Waals surface area (Å²) in [6.45, 7) is 69.2. The third kappa shape index (κ3) is 20.5. The fraction of sp³-hybridized carbons (Fsp3) is 0.886. The van der Waals surface area contributed by atoms with Crippen LogP contribution in [0.3, 0.4) is 0 Å². The highest BCUT2D eigenvalue weighted by molar-refractivity contribution is 14.1. The third-order valence-electron chi connectivity index (χ3n) is 23.2. The Morgan fingerprint density at radius 3 is 1.72 bits per heavy atom. The van der Waals surface area contributed by atoms with Crippen LogP contribution in [-0.4, -0.2) is 159 Å². The molecule has 4 unspecified atom stereocenters. The van der Waals surface area contributed by atoms with E-state index >= 15 is 4.79 Å². The minimum Gasteiger partial charge on any atom is -0.414 e. The molecule has 89 heavy (non-hydrogen) atoms. The van der Waals surface area contributed by atoms with E-state index in [-0.39, 0.29) is 117 Å². The second-order valence-electron chi connectivity index (χ2n) is 35.2. The Labute approximate surface area is 562 Å². The smallest absolute Gasteiger partial charge is 0.193 e. The van der Waals surface area contributed by atoms with Gasteiger partial charge in [0.2, 0.25) is 0 Å².